The zero-order valence-corrected chi connectivity index (χ0v) is 24.9. The number of ketones is 1. The summed E-state index contributed by atoms with van der Waals surface area (Å²) in [6.45, 7) is 11.6. The predicted octanol–water partition coefficient (Wildman–Crippen LogP) is 3.65. The van der Waals surface area contributed by atoms with Crippen molar-refractivity contribution in [2.45, 2.75) is 91.3 Å². The fourth-order valence-electron chi connectivity index (χ4n) is 6.37. The summed E-state index contributed by atoms with van der Waals surface area (Å²) in [6.07, 6.45) is -3.73. The molecule has 0 spiro atoms. The van der Waals surface area contributed by atoms with Crippen molar-refractivity contribution >= 4 is 17.7 Å². The Hall–Kier alpha value is -2.59. The smallest absolute Gasteiger partial charge is 0.338 e. The molecule has 3 rings (SSSR count). The number of methoxy groups -OCH3 is 1. The Balaban J connectivity index is 2.39. The molecule has 1 saturated carbocycles. The van der Waals surface area contributed by atoms with E-state index < -0.39 is 58.7 Å². The van der Waals surface area contributed by atoms with Crippen molar-refractivity contribution in [3.05, 3.63) is 47.0 Å². The number of esters is 2. The minimum absolute atomic E-state index is 0.0607. The lowest BCUT2D eigenvalue weighted by Crippen LogP contribution is -2.68. The summed E-state index contributed by atoms with van der Waals surface area (Å²) in [4.78, 5) is 40.4. The molecule has 1 aliphatic heterocycles. The van der Waals surface area contributed by atoms with Crippen LogP contribution in [-0.2, 0) is 28.5 Å². The molecule has 0 radical (unpaired) electrons. The monoisotopic (exact) mass is 560 g/mol. The first-order valence-electron chi connectivity index (χ1n) is 13.8. The second-order valence-electron chi connectivity index (χ2n) is 11.9. The minimum Gasteiger partial charge on any atom is -0.460 e. The number of aliphatic hydroxyl groups excluding tert-OH is 1. The fourth-order valence-corrected chi connectivity index (χ4v) is 6.37. The number of hydrogen-bond donors (Lipinski definition) is 2. The van der Waals surface area contributed by atoms with E-state index in [1.807, 2.05) is 0 Å². The molecule has 1 saturated heterocycles. The second-order valence-corrected chi connectivity index (χ2v) is 11.9. The van der Waals surface area contributed by atoms with Crippen molar-refractivity contribution in [1.29, 1.82) is 0 Å². The van der Waals surface area contributed by atoms with Crippen molar-refractivity contribution in [3.8, 4) is 0 Å². The highest BCUT2D eigenvalue weighted by atomic mass is 16.6. The first-order valence-corrected chi connectivity index (χ1v) is 13.8. The van der Waals surface area contributed by atoms with Crippen LogP contribution in [0.2, 0.25) is 0 Å². The van der Waals surface area contributed by atoms with Crippen LogP contribution < -0.4 is 0 Å². The van der Waals surface area contributed by atoms with Gasteiger partial charge in [-0.25, -0.2) is 4.79 Å². The van der Waals surface area contributed by atoms with Gasteiger partial charge in [0, 0.05) is 32.5 Å². The molecule has 7 atom stereocenters. The summed E-state index contributed by atoms with van der Waals surface area (Å²) in [5.74, 6) is -2.57. The lowest BCUT2D eigenvalue weighted by Gasteiger charge is -2.57. The van der Waals surface area contributed by atoms with E-state index in [9.17, 15) is 24.6 Å². The van der Waals surface area contributed by atoms with Gasteiger partial charge in [0.05, 0.1) is 35.7 Å². The maximum Gasteiger partial charge on any atom is 0.338 e. The van der Waals surface area contributed by atoms with E-state index in [1.54, 1.807) is 71.9 Å². The third-order valence-corrected chi connectivity index (χ3v) is 9.35. The minimum atomic E-state index is -1.81. The third kappa shape index (κ3) is 5.75. The zero-order valence-electron chi connectivity index (χ0n) is 24.9. The number of hydrogen-bond acceptors (Lipinski definition) is 9. The number of carbonyl (C=O) groups excluding carboxylic acids is 3. The van der Waals surface area contributed by atoms with Crippen LogP contribution in [0.1, 0.15) is 71.7 Å². The topological polar surface area (TPSA) is 129 Å². The summed E-state index contributed by atoms with van der Waals surface area (Å²) < 4.78 is 23.7. The molecule has 222 valence electrons. The Morgan fingerprint density at radius 3 is 2.25 bits per heavy atom. The molecule has 1 aromatic carbocycles. The molecule has 2 N–H and O–H groups in total. The molecule has 1 unspecified atom stereocenters. The van der Waals surface area contributed by atoms with E-state index in [2.05, 4.69) is 0 Å². The molecular weight excluding hydrogens is 516 g/mol. The molecule has 1 aliphatic carbocycles. The molecule has 1 heterocycles. The lowest BCUT2D eigenvalue weighted by molar-refractivity contribution is -0.224. The van der Waals surface area contributed by atoms with Gasteiger partial charge < -0.3 is 29.2 Å². The highest BCUT2D eigenvalue weighted by molar-refractivity contribution is 5.90. The number of rotatable bonds is 5. The first kappa shape index (κ1) is 31.9. The van der Waals surface area contributed by atoms with Crippen LogP contribution in [0.25, 0.3) is 0 Å². The molecule has 40 heavy (non-hydrogen) atoms. The van der Waals surface area contributed by atoms with E-state index in [-0.39, 0.29) is 31.0 Å². The van der Waals surface area contributed by atoms with E-state index >= 15 is 0 Å². The van der Waals surface area contributed by atoms with Gasteiger partial charge in [-0.05, 0) is 51.8 Å². The summed E-state index contributed by atoms with van der Waals surface area (Å²) in [5.41, 5.74) is -3.00. The average Bonchev–Trinajstić information content (AvgIpc) is 2.88. The highest BCUT2D eigenvalue weighted by Gasteiger charge is 2.65. The highest BCUT2D eigenvalue weighted by Crippen LogP contribution is 2.55. The van der Waals surface area contributed by atoms with Crippen molar-refractivity contribution in [2.75, 3.05) is 20.3 Å². The van der Waals surface area contributed by atoms with E-state index in [0.717, 1.165) is 0 Å². The Kier molecular flexibility index (Phi) is 9.66. The SMILES string of the molecule is CO[C@H]1CCOC[C@H](OC(C)=O)[C@H]2[C@H](OC(=O)c3ccccc3)C(C)(O)C(C)(C)/C(=C(/C)[C@H](C)O)CC(=O)[C@@]21C. The zero-order chi connectivity index (χ0) is 30.0. The summed E-state index contributed by atoms with van der Waals surface area (Å²) in [7, 11) is 1.49. The Morgan fingerprint density at radius 1 is 1.07 bits per heavy atom. The maximum absolute atomic E-state index is 14.5. The molecule has 0 amide bonds. The van der Waals surface area contributed by atoms with E-state index in [1.165, 1.54) is 14.0 Å². The van der Waals surface area contributed by atoms with Gasteiger partial charge in [0.2, 0.25) is 0 Å². The fraction of sp³-hybridized carbons (Fsp3) is 0.645. The number of ether oxygens (including phenoxy) is 4. The van der Waals surface area contributed by atoms with Gasteiger partial charge in [-0.2, -0.15) is 0 Å². The first-order chi connectivity index (χ1) is 18.6. The van der Waals surface area contributed by atoms with Crippen molar-refractivity contribution in [2.24, 2.45) is 16.7 Å². The molecule has 1 aromatic rings. The van der Waals surface area contributed by atoms with Gasteiger partial charge in [-0.3, -0.25) is 9.59 Å². The van der Waals surface area contributed by atoms with E-state index in [4.69, 9.17) is 18.9 Å². The summed E-state index contributed by atoms with van der Waals surface area (Å²) >= 11 is 0. The van der Waals surface area contributed by atoms with Crippen LogP contribution in [0.4, 0.5) is 0 Å². The van der Waals surface area contributed by atoms with Gasteiger partial charge in [-0.15, -0.1) is 0 Å². The normalized spacial score (nSPS) is 34.7. The number of aliphatic hydroxyl groups is 2. The van der Waals surface area contributed by atoms with Crippen molar-refractivity contribution < 1.29 is 43.5 Å². The van der Waals surface area contributed by atoms with Gasteiger partial charge in [0.1, 0.15) is 23.6 Å². The van der Waals surface area contributed by atoms with Crippen LogP contribution in [0.3, 0.4) is 0 Å². The number of benzene rings is 1. The van der Waals surface area contributed by atoms with Gasteiger partial charge in [-0.1, -0.05) is 37.6 Å². The largest absolute Gasteiger partial charge is 0.460 e. The summed E-state index contributed by atoms with van der Waals surface area (Å²) in [5, 5.41) is 23.1. The van der Waals surface area contributed by atoms with Gasteiger partial charge in [0.25, 0.3) is 0 Å². The van der Waals surface area contributed by atoms with Crippen molar-refractivity contribution in [3.63, 3.8) is 0 Å². The quantitative estimate of drug-likeness (QED) is 0.410. The predicted molar refractivity (Wildman–Crippen MR) is 147 cm³/mol. The number of Topliss-reactive ketones (excluding diaryl/α,β-unsaturated/α-hetero) is 1. The number of fused-ring (bicyclic) bond motifs is 1. The van der Waals surface area contributed by atoms with Crippen LogP contribution >= 0.6 is 0 Å². The molecule has 9 nitrogen and oxygen atoms in total. The molecule has 9 heteroatoms. The number of carbonyl (C=O) groups is 3. The van der Waals surface area contributed by atoms with Crippen LogP contribution in [0.15, 0.2) is 41.5 Å². The van der Waals surface area contributed by atoms with Gasteiger partial charge >= 0.3 is 11.9 Å². The third-order valence-electron chi connectivity index (χ3n) is 9.35. The Morgan fingerprint density at radius 2 is 1.70 bits per heavy atom. The molecule has 0 aromatic heterocycles. The molecule has 0 bridgehead atoms. The standard InChI is InChI=1S/C31H44O9/c1-18(19(2)32)22-16-24(34)30(6)25(37-8)14-15-38-17-23(39-20(3)33)26(30)27(31(7,36)29(22,4)5)40-28(35)21-12-10-9-11-13-21/h9-13,19,23,25-27,32,36H,14-17H2,1-8H3/b22-18-/t19-,23-,25-,26-,27-,30+,31?/m0/s1. The molecular formula is C31H44O9. The van der Waals surface area contributed by atoms with Gasteiger partial charge in [0.15, 0.2) is 0 Å². The van der Waals surface area contributed by atoms with Crippen LogP contribution in [0, 0.1) is 16.7 Å². The molecule has 2 fully saturated rings. The van der Waals surface area contributed by atoms with Crippen molar-refractivity contribution in [1.82, 2.24) is 0 Å². The van der Waals surface area contributed by atoms with Crippen LogP contribution in [-0.4, -0.2) is 78.3 Å². The second kappa shape index (κ2) is 12.1. The maximum atomic E-state index is 14.5. The summed E-state index contributed by atoms with van der Waals surface area (Å²) in [6, 6.07) is 8.36. The molecule has 2 aliphatic rings. The Labute approximate surface area is 236 Å². The Bertz CT molecular complexity index is 1120. The van der Waals surface area contributed by atoms with Crippen LogP contribution in [0.5, 0.6) is 0 Å². The van der Waals surface area contributed by atoms with E-state index in [0.29, 0.717) is 17.6 Å². The average molecular weight is 561 g/mol. The lowest BCUT2D eigenvalue weighted by atomic mass is 9.53.